The summed E-state index contributed by atoms with van der Waals surface area (Å²) < 4.78 is 7.26. The van der Waals surface area contributed by atoms with Gasteiger partial charge in [0.1, 0.15) is 23.5 Å². The van der Waals surface area contributed by atoms with Gasteiger partial charge >= 0.3 is 0 Å². The van der Waals surface area contributed by atoms with Crippen LogP contribution in [-0.4, -0.2) is 57.7 Å². The molecule has 0 aliphatic carbocycles. The lowest BCUT2D eigenvalue weighted by atomic mass is 10.0. The molecule has 2 aromatic rings. The molecule has 1 atom stereocenters. The summed E-state index contributed by atoms with van der Waals surface area (Å²) >= 11 is 0. The van der Waals surface area contributed by atoms with Crippen LogP contribution in [0.2, 0.25) is 0 Å². The predicted molar refractivity (Wildman–Crippen MR) is 95.7 cm³/mol. The zero-order valence-electron chi connectivity index (χ0n) is 15.0. The van der Waals surface area contributed by atoms with Gasteiger partial charge in [-0.25, -0.2) is 9.97 Å². The molecule has 7 heteroatoms. The third-order valence-corrected chi connectivity index (χ3v) is 4.37. The quantitative estimate of drug-likeness (QED) is 0.897. The number of hydrogen-bond donors (Lipinski definition) is 1. The zero-order chi connectivity index (χ0) is 17.8. The minimum absolute atomic E-state index is 0.101. The lowest BCUT2D eigenvalue weighted by Gasteiger charge is -2.32. The fraction of sp³-hybridized carbons (Fsp3) is 0.500. The number of rotatable bonds is 5. The van der Waals surface area contributed by atoms with Gasteiger partial charge in [0.2, 0.25) is 5.91 Å². The fourth-order valence-corrected chi connectivity index (χ4v) is 2.91. The second-order valence-corrected chi connectivity index (χ2v) is 6.53. The van der Waals surface area contributed by atoms with Gasteiger partial charge in [-0.05, 0) is 25.0 Å². The van der Waals surface area contributed by atoms with E-state index in [1.165, 1.54) is 0 Å². The highest BCUT2D eigenvalue weighted by molar-refractivity contribution is 5.84. The molecule has 0 aromatic carbocycles. The summed E-state index contributed by atoms with van der Waals surface area (Å²) in [5.41, 5.74) is 0. The van der Waals surface area contributed by atoms with Crippen molar-refractivity contribution >= 4 is 11.7 Å². The van der Waals surface area contributed by atoms with Gasteiger partial charge < -0.3 is 15.0 Å². The van der Waals surface area contributed by atoms with Crippen LogP contribution in [0.5, 0.6) is 0 Å². The number of imidazole rings is 1. The lowest BCUT2D eigenvalue weighted by molar-refractivity contribution is -0.137. The fourth-order valence-electron chi connectivity index (χ4n) is 2.91. The van der Waals surface area contributed by atoms with Crippen molar-refractivity contribution in [2.45, 2.75) is 26.8 Å². The van der Waals surface area contributed by atoms with Gasteiger partial charge in [-0.15, -0.1) is 0 Å². The molecular weight excluding hydrogens is 318 g/mol. The first-order chi connectivity index (χ1) is 12.1. The van der Waals surface area contributed by atoms with Crippen LogP contribution >= 0.6 is 0 Å². The van der Waals surface area contributed by atoms with E-state index in [0.717, 1.165) is 11.6 Å². The van der Waals surface area contributed by atoms with E-state index >= 15 is 0 Å². The van der Waals surface area contributed by atoms with Crippen molar-refractivity contribution in [2.75, 3.05) is 31.6 Å². The largest absolute Gasteiger partial charge is 0.378 e. The molecule has 1 saturated heterocycles. The molecule has 0 saturated carbocycles. The van der Waals surface area contributed by atoms with E-state index < -0.39 is 0 Å². The average molecular weight is 343 g/mol. The summed E-state index contributed by atoms with van der Waals surface area (Å²) in [4.78, 5) is 23.6. The maximum atomic E-state index is 12.9. The van der Waals surface area contributed by atoms with Crippen molar-refractivity contribution in [3.63, 3.8) is 0 Å². The van der Waals surface area contributed by atoms with Crippen LogP contribution in [0, 0.1) is 12.8 Å². The van der Waals surface area contributed by atoms with Crippen molar-refractivity contribution in [3.8, 4) is 5.82 Å². The molecule has 3 heterocycles. The monoisotopic (exact) mass is 343 g/mol. The van der Waals surface area contributed by atoms with Crippen LogP contribution in [0.3, 0.4) is 0 Å². The molecule has 0 radical (unpaired) electrons. The molecule has 3 rings (SSSR count). The van der Waals surface area contributed by atoms with E-state index in [4.69, 9.17) is 4.74 Å². The summed E-state index contributed by atoms with van der Waals surface area (Å²) in [5.74, 6) is 2.58. The average Bonchev–Trinajstić information content (AvgIpc) is 3.06. The third-order valence-electron chi connectivity index (χ3n) is 4.37. The highest BCUT2D eigenvalue weighted by Gasteiger charge is 2.28. The normalized spacial score (nSPS) is 16.1. The van der Waals surface area contributed by atoms with E-state index in [2.05, 4.69) is 15.3 Å². The van der Waals surface area contributed by atoms with Crippen LogP contribution in [0.4, 0.5) is 5.82 Å². The van der Waals surface area contributed by atoms with Gasteiger partial charge in [0.15, 0.2) is 0 Å². The van der Waals surface area contributed by atoms with Gasteiger partial charge in [0.05, 0.1) is 13.2 Å². The number of carbonyl (C=O) groups is 1. The number of amides is 1. The molecule has 1 amide bonds. The Labute approximate surface area is 148 Å². The van der Waals surface area contributed by atoms with Crippen molar-refractivity contribution in [2.24, 2.45) is 5.92 Å². The van der Waals surface area contributed by atoms with Crippen LogP contribution in [0.1, 0.15) is 19.7 Å². The molecule has 1 aliphatic heterocycles. The molecule has 2 aromatic heterocycles. The Morgan fingerprint density at radius 3 is 2.68 bits per heavy atom. The zero-order valence-corrected chi connectivity index (χ0v) is 15.0. The van der Waals surface area contributed by atoms with Crippen molar-refractivity contribution in [1.82, 2.24) is 19.4 Å². The molecule has 134 valence electrons. The molecule has 1 fully saturated rings. The van der Waals surface area contributed by atoms with Gasteiger partial charge in [0.25, 0.3) is 0 Å². The number of hydrogen-bond acceptors (Lipinski definition) is 5. The number of aryl methyl sites for hydroxylation is 1. The van der Waals surface area contributed by atoms with Crippen LogP contribution in [0.25, 0.3) is 5.82 Å². The number of nitrogens with one attached hydrogen (secondary N) is 1. The summed E-state index contributed by atoms with van der Waals surface area (Å²) in [7, 11) is 0. The van der Waals surface area contributed by atoms with E-state index in [9.17, 15) is 4.79 Å². The van der Waals surface area contributed by atoms with E-state index in [1.54, 1.807) is 6.20 Å². The second kappa shape index (κ2) is 7.65. The Bertz CT molecular complexity index is 722. The predicted octanol–water partition coefficient (Wildman–Crippen LogP) is 1.87. The molecule has 25 heavy (non-hydrogen) atoms. The van der Waals surface area contributed by atoms with Crippen LogP contribution < -0.4 is 5.32 Å². The summed E-state index contributed by atoms with van der Waals surface area (Å²) in [6.45, 7) is 8.51. The topological polar surface area (TPSA) is 72.3 Å². The molecule has 0 unspecified atom stereocenters. The van der Waals surface area contributed by atoms with E-state index in [1.807, 2.05) is 54.6 Å². The Balaban J connectivity index is 1.78. The number of anilines is 1. The van der Waals surface area contributed by atoms with Gasteiger partial charge in [-0.1, -0.05) is 19.9 Å². The standard InChI is InChI=1S/C18H25N5O2/c1-13(2)17(18(24)22-9-11-25-12-10-22)21-15-5-4-6-16(20-15)23-8-7-19-14(23)3/h4-8,13,17H,9-12H2,1-3H3,(H,20,21)/t17-/m1/s1. The highest BCUT2D eigenvalue weighted by Crippen LogP contribution is 2.16. The van der Waals surface area contributed by atoms with Crippen LogP contribution in [-0.2, 0) is 9.53 Å². The minimum Gasteiger partial charge on any atom is -0.378 e. The molecule has 0 bridgehead atoms. The summed E-state index contributed by atoms with van der Waals surface area (Å²) in [5, 5.41) is 3.32. The van der Waals surface area contributed by atoms with Crippen molar-refractivity contribution in [1.29, 1.82) is 0 Å². The Hall–Kier alpha value is -2.41. The lowest BCUT2D eigenvalue weighted by Crippen LogP contribution is -2.49. The van der Waals surface area contributed by atoms with Gasteiger partial charge in [-0.3, -0.25) is 9.36 Å². The van der Waals surface area contributed by atoms with Crippen molar-refractivity contribution in [3.05, 3.63) is 36.4 Å². The molecule has 0 spiro atoms. The van der Waals surface area contributed by atoms with Crippen LogP contribution in [0.15, 0.2) is 30.6 Å². The van der Waals surface area contributed by atoms with Gasteiger partial charge in [0, 0.05) is 25.5 Å². The molecular formula is C18H25N5O2. The third kappa shape index (κ3) is 3.99. The SMILES string of the molecule is Cc1nccn1-c1cccc(N[C@@H](C(=O)N2CCOCC2)C(C)C)n1. The van der Waals surface area contributed by atoms with Crippen molar-refractivity contribution < 1.29 is 9.53 Å². The smallest absolute Gasteiger partial charge is 0.245 e. The second-order valence-electron chi connectivity index (χ2n) is 6.53. The highest BCUT2D eigenvalue weighted by atomic mass is 16.5. The number of morpholine rings is 1. The first-order valence-electron chi connectivity index (χ1n) is 8.66. The number of nitrogens with zero attached hydrogens (tertiary/aromatic N) is 4. The summed E-state index contributed by atoms with van der Waals surface area (Å²) in [6, 6.07) is 5.43. The first-order valence-corrected chi connectivity index (χ1v) is 8.66. The number of aromatic nitrogens is 3. The first kappa shape index (κ1) is 17.4. The number of ether oxygens (including phenoxy) is 1. The maximum absolute atomic E-state index is 12.9. The number of pyridine rings is 1. The number of carbonyl (C=O) groups excluding carboxylic acids is 1. The maximum Gasteiger partial charge on any atom is 0.245 e. The van der Waals surface area contributed by atoms with E-state index in [-0.39, 0.29) is 17.9 Å². The van der Waals surface area contributed by atoms with E-state index in [0.29, 0.717) is 32.1 Å². The Morgan fingerprint density at radius 2 is 2.04 bits per heavy atom. The minimum atomic E-state index is -0.315. The molecule has 1 N–H and O–H groups in total. The Kier molecular flexibility index (Phi) is 5.33. The summed E-state index contributed by atoms with van der Waals surface area (Å²) in [6.07, 6.45) is 3.62. The molecule has 7 nitrogen and oxygen atoms in total. The van der Waals surface area contributed by atoms with Gasteiger partial charge in [-0.2, -0.15) is 0 Å². The Morgan fingerprint density at radius 1 is 1.28 bits per heavy atom. The molecule has 1 aliphatic rings.